The first kappa shape index (κ1) is 11.7. The van der Waals surface area contributed by atoms with Crippen molar-refractivity contribution in [2.45, 2.75) is 0 Å². The minimum atomic E-state index is -0.459. The van der Waals surface area contributed by atoms with Crippen LogP contribution in [0.4, 0.5) is 11.6 Å². The summed E-state index contributed by atoms with van der Waals surface area (Å²) in [5.74, 6) is 0.257. The van der Waals surface area contributed by atoms with E-state index in [1.165, 1.54) is 24.5 Å². The van der Waals surface area contributed by atoms with Crippen LogP contribution in [0.5, 0.6) is 0 Å². The standard InChI is InChI=1S/C10H10N6O2/c1-11-8-5-12-4-6(13-8)10(18)14-7-2-3-9(17)16-15-7/h2-5H,1H3,(H,11,13)(H,16,17)(H,14,15,18). The van der Waals surface area contributed by atoms with Crippen LogP contribution in [0.3, 0.4) is 0 Å². The third kappa shape index (κ3) is 2.67. The number of aromatic nitrogens is 4. The van der Waals surface area contributed by atoms with Gasteiger partial charge in [0.25, 0.3) is 11.5 Å². The van der Waals surface area contributed by atoms with Crippen LogP contribution in [0.2, 0.25) is 0 Å². The molecule has 2 aromatic heterocycles. The fourth-order valence-corrected chi connectivity index (χ4v) is 1.19. The Morgan fingerprint density at radius 2 is 2.11 bits per heavy atom. The van der Waals surface area contributed by atoms with Gasteiger partial charge >= 0.3 is 0 Å². The second-order valence-corrected chi connectivity index (χ2v) is 3.30. The van der Waals surface area contributed by atoms with Gasteiger partial charge in [0.15, 0.2) is 5.82 Å². The molecule has 8 nitrogen and oxygen atoms in total. The number of carbonyl (C=O) groups is 1. The van der Waals surface area contributed by atoms with Crippen molar-refractivity contribution in [3.63, 3.8) is 0 Å². The molecule has 0 saturated carbocycles. The molecule has 0 aliphatic rings. The van der Waals surface area contributed by atoms with Crippen LogP contribution in [-0.2, 0) is 0 Å². The summed E-state index contributed by atoms with van der Waals surface area (Å²) in [4.78, 5) is 30.5. The number of hydrogen-bond acceptors (Lipinski definition) is 6. The molecule has 3 N–H and O–H groups in total. The fourth-order valence-electron chi connectivity index (χ4n) is 1.19. The molecule has 1 amide bonds. The number of rotatable bonds is 3. The first-order valence-electron chi connectivity index (χ1n) is 5.06. The average molecular weight is 246 g/mol. The second kappa shape index (κ2) is 5.04. The first-order chi connectivity index (χ1) is 8.69. The normalized spacial score (nSPS) is 9.83. The number of nitrogens with one attached hydrogen (secondary N) is 3. The fraction of sp³-hybridized carbons (Fsp3) is 0.100. The Morgan fingerprint density at radius 3 is 2.78 bits per heavy atom. The maximum Gasteiger partial charge on any atom is 0.277 e. The van der Waals surface area contributed by atoms with Crippen LogP contribution in [0.25, 0.3) is 0 Å². The summed E-state index contributed by atoms with van der Waals surface area (Å²) in [5, 5.41) is 11.1. The average Bonchev–Trinajstić information content (AvgIpc) is 2.41. The van der Waals surface area contributed by atoms with Gasteiger partial charge in [-0.3, -0.25) is 14.6 Å². The third-order valence-electron chi connectivity index (χ3n) is 2.04. The first-order valence-corrected chi connectivity index (χ1v) is 5.06. The van der Waals surface area contributed by atoms with Crippen LogP contribution >= 0.6 is 0 Å². The number of carbonyl (C=O) groups excluding carboxylic acids is 1. The van der Waals surface area contributed by atoms with Crippen molar-refractivity contribution < 1.29 is 4.79 Å². The molecule has 2 rings (SSSR count). The molecule has 0 spiro atoms. The van der Waals surface area contributed by atoms with E-state index in [1.807, 2.05) is 0 Å². The van der Waals surface area contributed by atoms with Gasteiger partial charge in [-0.05, 0) is 6.07 Å². The predicted molar refractivity (Wildman–Crippen MR) is 64.4 cm³/mol. The summed E-state index contributed by atoms with van der Waals surface area (Å²) in [5.41, 5.74) is -0.195. The number of hydrogen-bond donors (Lipinski definition) is 3. The highest BCUT2D eigenvalue weighted by atomic mass is 16.2. The van der Waals surface area contributed by atoms with Gasteiger partial charge in [-0.2, -0.15) is 5.10 Å². The number of H-pyrrole nitrogens is 1. The lowest BCUT2D eigenvalue weighted by Crippen LogP contribution is -2.17. The van der Waals surface area contributed by atoms with Gasteiger partial charge in [-0.1, -0.05) is 0 Å². The largest absolute Gasteiger partial charge is 0.372 e. The van der Waals surface area contributed by atoms with Crippen LogP contribution < -0.4 is 16.2 Å². The van der Waals surface area contributed by atoms with Gasteiger partial charge in [0.05, 0.1) is 12.4 Å². The van der Waals surface area contributed by atoms with E-state index in [1.54, 1.807) is 7.05 Å². The summed E-state index contributed by atoms with van der Waals surface area (Å²) in [7, 11) is 1.68. The van der Waals surface area contributed by atoms with Crippen LogP contribution in [0.15, 0.2) is 29.3 Å². The van der Waals surface area contributed by atoms with Crippen molar-refractivity contribution in [3.05, 3.63) is 40.6 Å². The minimum Gasteiger partial charge on any atom is -0.372 e. The van der Waals surface area contributed by atoms with Gasteiger partial charge in [0.2, 0.25) is 0 Å². The lowest BCUT2D eigenvalue weighted by molar-refractivity contribution is 0.102. The molecule has 2 aromatic rings. The van der Waals surface area contributed by atoms with Gasteiger partial charge in [0.1, 0.15) is 11.5 Å². The lowest BCUT2D eigenvalue weighted by atomic mass is 10.4. The quantitative estimate of drug-likeness (QED) is 0.694. The predicted octanol–water partition coefficient (Wildman–Crippen LogP) is -0.146. The van der Waals surface area contributed by atoms with Gasteiger partial charge in [-0.25, -0.2) is 10.1 Å². The maximum atomic E-state index is 11.8. The Labute approximate surface area is 101 Å². The molecule has 0 aliphatic carbocycles. The van der Waals surface area contributed by atoms with E-state index in [4.69, 9.17) is 0 Å². The Bertz CT molecular complexity index is 603. The number of nitrogens with zero attached hydrogens (tertiary/aromatic N) is 3. The minimum absolute atomic E-state index is 0.148. The number of amides is 1. The van der Waals surface area contributed by atoms with Gasteiger partial charge in [0, 0.05) is 13.1 Å². The van der Waals surface area contributed by atoms with E-state index in [0.717, 1.165) is 0 Å². The molecule has 0 radical (unpaired) electrons. The summed E-state index contributed by atoms with van der Waals surface area (Å²) < 4.78 is 0. The Morgan fingerprint density at radius 1 is 1.28 bits per heavy atom. The van der Waals surface area contributed by atoms with E-state index >= 15 is 0 Å². The molecule has 92 valence electrons. The Balaban J connectivity index is 2.16. The molecule has 0 atom stereocenters. The van der Waals surface area contributed by atoms with Crippen molar-refractivity contribution in [1.29, 1.82) is 0 Å². The van der Waals surface area contributed by atoms with E-state index in [0.29, 0.717) is 5.82 Å². The highest BCUT2D eigenvalue weighted by molar-refractivity contribution is 6.02. The van der Waals surface area contributed by atoms with Crippen molar-refractivity contribution in [1.82, 2.24) is 20.2 Å². The molecule has 0 fully saturated rings. The highest BCUT2D eigenvalue weighted by Crippen LogP contribution is 2.04. The van der Waals surface area contributed by atoms with E-state index in [-0.39, 0.29) is 17.1 Å². The van der Waals surface area contributed by atoms with Gasteiger partial charge < -0.3 is 10.6 Å². The molecule has 0 bridgehead atoms. The van der Waals surface area contributed by atoms with Crippen molar-refractivity contribution >= 4 is 17.5 Å². The summed E-state index contributed by atoms with van der Waals surface area (Å²) in [6, 6.07) is 2.66. The number of aromatic amines is 1. The summed E-state index contributed by atoms with van der Waals surface area (Å²) in [6.07, 6.45) is 2.83. The summed E-state index contributed by atoms with van der Waals surface area (Å²) in [6.45, 7) is 0. The molecule has 0 aromatic carbocycles. The topological polar surface area (TPSA) is 113 Å². The lowest BCUT2D eigenvalue weighted by Gasteiger charge is -2.04. The smallest absolute Gasteiger partial charge is 0.277 e. The van der Waals surface area contributed by atoms with E-state index in [9.17, 15) is 9.59 Å². The summed E-state index contributed by atoms with van der Waals surface area (Å²) >= 11 is 0. The zero-order valence-corrected chi connectivity index (χ0v) is 9.47. The molecule has 8 heteroatoms. The molecule has 0 aliphatic heterocycles. The zero-order valence-electron chi connectivity index (χ0n) is 9.47. The second-order valence-electron chi connectivity index (χ2n) is 3.30. The highest BCUT2D eigenvalue weighted by Gasteiger charge is 2.09. The number of anilines is 2. The molecule has 0 unspecified atom stereocenters. The van der Waals surface area contributed by atoms with Crippen LogP contribution in [-0.4, -0.2) is 33.1 Å². The van der Waals surface area contributed by atoms with Crippen molar-refractivity contribution in [3.8, 4) is 0 Å². The molecule has 0 saturated heterocycles. The zero-order chi connectivity index (χ0) is 13.0. The molecule has 2 heterocycles. The Kier molecular flexibility index (Phi) is 3.28. The van der Waals surface area contributed by atoms with E-state index in [2.05, 4.69) is 30.8 Å². The Hall–Kier alpha value is -2.77. The maximum absolute atomic E-state index is 11.8. The van der Waals surface area contributed by atoms with Crippen LogP contribution in [0, 0.1) is 0 Å². The van der Waals surface area contributed by atoms with Crippen LogP contribution in [0.1, 0.15) is 10.5 Å². The van der Waals surface area contributed by atoms with Crippen molar-refractivity contribution in [2.75, 3.05) is 17.7 Å². The SMILES string of the molecule is CNc1cncc(C(=O)Nc2ccc(=O)[nH]n2)n1. The van der Waals surface area contributed by atoms with Crippen molar-refractivity contribution in [2.24, 2.45) is 0 Å². The third-order valence-corrected chi connectivity index (χ3v) is 2.04. The van der Waals surface area contributed by atoms with E-state index < -0.39 is 5.91 Å². The molecule has 18 heavy (non-hydrogen) atoms. The molecular weight excluding hydrogens is 236 g/mol. The monoisotopic (exact) mass is 246 g/mol. The molecular formula is C10H10N6O2. The van der Waals surface area contributed by atoms with Gasteiger partial charge in [-0.15, -0.1) is 0 Å².